The normalized spacial score (nSPS) is 33.3. The molecule has 2 heterocycles. The van der Waals surface area contributed by atoms with E-state index in [1.807, 2.05) is 7.05 Å². The summed E-state index contributed by atoms with van der Waals surface area (Å²) in [5, 5.41) is 3.68. The quantitative estimate of drug-likeness (QED) is 0.838. The van der Waals surface area contributed by atoms with Gasteiger partial charge in [-0.3, -0.25) is 4.79 Å². The Morgan fingerprint density at radius 3 is 2.23 bits per heavy atom. The van der Waals surface area contributed by atoms with E-state index in [1.165, 1.54) is 44.1 Å². The lowest BCUT2D eigenvalue weighted by atomic mass is 9.77. The zero-order chi connectivity index (χ0) is 17.2. The third kappa shape index (κ3) is 4.43. The van der Waals surface area contributed by atoms with Crippen LogP contribution in [0.1, 0.15) is 69.3 Å². The highest BCUT2D eigenvalue weighted by Gasteiger charge is 2.36. The number of hydrogen-bond donors (Lipinski definition) is 1. The SMILES string of the molecule is CN(C(=O)CC1CCC(c2ccccc2)CC1)C1CC2CCC(C1)N2.Cl. The van der Waals surface area contributed by atoms with E-state index >= 15 is 0 Å². The lowest BCUT2D eigenvalue weighted by molar-refractivity contribution is -0.134. The number of benzene rings is 1. The Labute approximate surface area is 164 Å². The van der Waals surface area contributed by atoms with Crippen LogP contribution in [0.2, 0.25) is 0 Å². The molecule has 26 heavy (non-hydrogen) atoms. The molecule has 3 aliphatic rings. The molecule has 0 radical (unpaired) electrons. The van der Waals surface area contributed by atoms with Crippen molar-refractivity contribution in [3.8, 4) is 0 Å². The van der Waals surface area contributed by atoms with Gasteiger partial charge in [0.05, 0.1) is 0 Å². The second kappa shape index (κ2) is 8.75. The molecule has 1 saturated carbocycles. The number of nitrogens with zero attached hydrogens (tertiary/aromatic N) is 1. The Kier molecular flexibility index (Phi) is 6.63. The molecule has 2 unspecified atom stereocenters. The molecule has 1 N–H and O–H groups in total. The molecule has 144 valence electrons. The first-order valence-corrected chi connectivity index (χ1v) is 10.3. The van der Waals surface area contributed by atoms with Crippen LogP contribution in [0.3, 0.4) is 0 Å². The minimum Gasteiger partial charge on any atom is -0.343 e. The van der Waals surface area contributed by atoms with E-state index < -0.39 is 0 Å². The molecule has 2 aliphatic heterocycles. The zero-order valence-corrected chi connectivity index (χ0v) is 16.7. The molecule has 0 aromatic heterocycles. The first kappa shape index (κ1) is 19.7. The molecular weight excluding hydrogens is 344 g/mol. The highest BCUT2D eigenvalue weighted by Crippen LogP contribution is 2.37. The average molecular weight is 377 g/mol. The highest BCUT2D eigenvalue weighted by molar-refractivity contribution is 5.85. The summed E-state index contributed by atoms with van der Waals surface area (Å²) in [5.41, 5.74) is 1.48. The number of rotatable bonds is 4. The maximum Gasteiger partial charge on any atom is 0.222 e. The topological polar surface area (TPSA) is 32.3 Å². The van der Waals surface area contributed by atoms with Gasteiger partial charge in [0.15, 0.2) is 0 Å². The standard InChI is InChI=1S/C22H32N2O.ClH/c1-24(21-14-19-11-12-20(15-21)23-19)22(25)13-16-7-9-18(10-8-16)17-5-3-2-4-6-17;/h2-6,16,18-21,23H,7-15H2,1H3;1H. The second-order valence-electron chi connectivity index (χ2n) is 8.60. The zero-order valence-electron chi connectivity index (χ0n) is 15.9. The van der Waals surface area contributed by atoms with Crippen molar-refractivity contribution < 1.29 is 4.79 Å². The van der Waals surface area contributed by atoms with E-state index in [9.17, 15) is 4.79 Å². The highest BCUT2D eigenvalue weighted by atomic mass is 35.5. The predicted octanol–water partition coefficient (Wildman–Crippen LogP) is 4.51. The maximum absolute atomic E-state index is 12.8. The van der Waals surface area contributed by atoms with Crippen molar-refractivity contribution in [2.24, 2.45) is 5.92 Å². The summed E-state index contributed by atoms with van der Waals surface area (Å²) in [6, 6.07) is 12.7. The van der Waals surface area contributed by atoms with Crippen molar-refractivity contribution in [2.45, 2.75) is 81.8 Å². The van der Waals surface area contributed by atoms with Crippen molar-refractivity contribution in [2.75, 3.05) is 7.05 Å². The lowest BCUT2D eigenvalue weighted by Crippen LogP contribution is -2.49. The average Bonchev–Trinajstić information content (AvgIpc) is 3.00. The smallest absolute Gasteiger partial charge is 0.222 e. The number of fused-ring (bicyclic) bond motifs is 2. The van der Waals surface area contributed by atoms with Crippen LogP contribution in [0.25, 0.3) is 0 Å². The molecule has 2 bridgehead atoms. The summed E-state index contributed by atoms with van der Waals surface area (Å²) >= 11 is 0. The first-order chi connectivity index (χ1) is 12.2. The first-order valence-electron chi connectivity index (χ1n) is 10.3. The van der Waals surface area contributed by atoms with E-state index in [-0.39, 0.29) is 12.4 Å². The molecule has 1 amide bonds. The largest absolute Gasteiger partial charge is 0.343 e. The fraction of sp³-hybridized carbons (Fsp3) is 0.682. The van der Waals surface area contributed by atoms with E-state index in [2.05, 4.69) is 40.5 Å². The Morgan fingerprint density at radius 2 is 1.62 bits per heavy atom. The molecule has 0 spiro atoms. The van der Waals surface area contributed by atoms with Crippen molar-refractivity contribution in [3.63, 3.8) is 0 Å². The number of hydrogen-bond acceptors (Lipinski definition) is 2. The third-order valence-corrected chi connectivity index (χ3v) is 6.97. The lowest BCUT2D eigenvalue weighted by Gasteiger charge is -2.37. The fourth-order valence-corrected chi connectivity index (χ4v) is 5.36. The Bertz CT molecular complexity index is 573. The van der Waals surface area contributed by atoms with Gasteiger partial charge in [-0.15, -0.1) is 12.4 Å². The Morgan fingerprint density at radius 1 is 1.00 bits per heavy atom. The number of carbonyl (C=O) groups is 1. The minimum atomic E-state index is 0. The summed E-state index contributed by atoms with van der Waals surface area (Å²) in [4.78, 5) is 14.9. The number of nitrogens with one attached hydrogen (secondary N) is 1. The summed E-state index contributed by atoms with van der Waals surface area (Å²) in [7, 11) is 2.05. The van der Waals surface area contributed by atoms with Gasteiger partial charge in [0.1, 0.15) is 0 Å². The number of halogens is 1. The van der Waals surface area contributed by atoms with Gasteiger partial charge in [0.25, 0.3) is 0 Å². The summed E-state index contributed by atoms with van der Waals surface area (Å²) in [6.45, 7) is 0. The summed E-state index contributed by atoms with van der Waals surface area (Å²) < 4.78 is 0. The van der Waals surface area contributed by atoms with Crippen molar-refractivity contribution in [1.82, 2.24) is 10.2 Å². The monoisotopic (exact) mass is 376 g/mol. The van der Waals surface area contributed by atoms with Gasteiger partial charge >= 0.3 is 0 Å². The van der Waals surface area contributed by atoms with Crippen LogP contribution in [0.15, 0.2) is 30.3 Å². The molecule has 1 aromatic carbocycles. The number of amides is 1. The van der Waals surface area contributed by atoms with E-state index in [1.54, 1.807) is 0 Å². The van der Waals surface area contributed by atoms with Gasteiger partial charge in [-0.05, 0) is 68.8 Å². The molecule has 1 aliphatic carbocycles. The molecule has 3 fully saturated rings. The van der Waals surface area contributed by atoms with Crippen LogP contribution in [0.4, 0.5) is 0 Å². The molecular formula is C22H33ClN2O. The summed E-state index contributed by atoms with van der Waals surface area (Å²) in [5.74, 6) is 1.67. The van der Waals surface area contributed by atoms with Crippen LogP contribution in [0, 0.1) is 5.92 Å². The van der Waals surface area contributed by atoms with Crippen LogP contribution in [-0.4, -0.2) is 36.0 Å². The summed E-state index contributed by atoms with van der Waals surface area (Å²) in [6.07, 6.45) is 10.6. The molecule has 4 rings (SSSR count). The second-order valence-corrected chi connectivity index (χ2v) is 8.60. The molecule has 4 heteroatoms. The van der Waals surface area contributed by atoms with Crippen molar-refractivity contribution >= 4 is 18.3 Å². The number of piperidine rings is 1. The molecule has 1 aromatic rings. The van der Waals surface area contributed by atoms with Gasteiger partial charge in [0.2, 0.25) is 5.91 Å². The van der Waals surface area contributed by atoms with Crippen LogP contribution in [0.5, 0.6) is 0 Å². The van der Waals surface area contributed by atoms with Gasteiger partial charge in [-0.1, -0.05) is 30.3 Å². The number of carbonyl (C=O) groups excluding carboxylic acids is 1. The fourth-order valence-electron chi connectivity index (χ4n) is 5.36. The maximum atomic E-state index is 12.8. The van der Waals surface area contributed by atoms with E-state index in [0.717, 1.165) is 19.3 Å². The van der Waals surface area contributed by atoms with Crippen molar-refractivity contribution in [1.29, 1.82) is 0 Å². The van der Waals surface area contributed by atoms with Gasteiger partial charge < -0.3 is 10.2 Å². The van der Waals surface area contributed by atoms with Gasteiger partial charge in [-0.2, -0.15) is 0 Å². The van der Waals surface area contributed by atoms with Crippen molar-refractivity contribution in [3.05, 3.63) is 35.9 Å². The Hall–Kier alpha value is -1.06. The van der Waals surface area contributed by atoms with Gasteiger partial charge in [-0.25, -0.2) is 0 Å². The molecule has 2 atom stereocenters. The Balaban J connectivity index is 0.00000196. The van der Waals surface area contributed by atoms with Gasteiger partial charge in [0, 0.05) is 31.6 Å². The van der Waals surface area contributed by atoms with E-state index in [4.69, 9.17) is 0 Å². The molecule has 3 nitrogen and oxygen atoms in total. The minimum absolute atomic E-state index is 0. The van der Waals surface area contributed by atoms with E-state index in [0.29, 0.717) is 35.9 Å². The van der Waals surface area contributed by atoms with Crippen LogP contribution >= 0.6 is 12.4 Å². The predicted molar refractivity (Wildman–Crippen MR) is 109 cm³/mol. The van der Waals surface area contributed by atoms with Crippen LogP contribution in [-0.2, 0) is 4.79 Å². The molecule has 2 saturated heterocycles. The van der Waals surface area contributed by atoms with Crippen LogP contribution < -0.4 is 5.32 Å². The third-order valence-electron chi connectivity index (χ3n) is 6.97.